The number of aromatic nitrogens is 2. The molecule has 0 bridgehead atoms. The summed E-state index contributed by atoms with van der Waals surface area (Å²) in [6.07, 6.45) is 1.15. The topological polar surface area (TPSA) is 94.0 Å². The fourth-order valence-electron chi connectivity index (χ4n) is 3.28. The highest BCUT2D eigenvalue weighted by atomic mass is 32.1. The first-order valence-electron chi connectivity index (χ1n) is 9.75. The zero-order valence-electron chi connectivity index (χ0n) is 17.0. The van der Waals surface area contributed by atoms with Gasteiger partial charge in [-0.15, -0.1) is 11.3 Å². The minimum atomic E-state index is -0.352. The molecule has 0 unspecified atom stereocenters. The van der Waals surface area contributed by atoms with Crippen LogP contribution < -0.4 is 5.56 Å². The van der Waals surface area contributed by atoms with Crippen LogP contribution in [0.4, 0.5) is 4.79 Å². The highest BCUT2D eigenvalue weighted by Crippen LogP contribution is 2.28. The van der Waals surface area contributed by atoms with E-state index in [0.29, 0.717) is 73.2 Å². The molecule has 0 N–H and O–H groups in total. The Kier molecular flexibility index (Phi) is 6.86. The molecule has 10 heteroatoms. The van der Waals surface area contributed by atoms with Gasteiger partial charge in [0.05, 0.1) is 36.3 Å². The number of hydrogen-bond acceptors (Lipinski definition) is 7. The number of amides is 2. The number of piperazine rings is 1. The molecule has 2 aromatic heterocycles. The second-order valence-corrected chi connectivity index (χ2v) is 7.65. The third kappa shape index (κ3) is 4.43. The van der Waals surface area contributed by atoms with Crippen LogP contribution in [0.25, 0.3) is 10.2 Å². The SMILES string of the molecule is CCOCCn1cnc2sc(C(=O)N3CCN(C(=O)OCC)CC3)c(C)c2c1=O. The zero-order chi connectivity index (χ0) is 21.0. The predicted octanol–water partition coefficient (Wildman–Crippen LogP) is 1.72. The normalized spacial score (nSPS) is 14.4. The van der Waals surface area contributed by atoms with Crippen molar-refractivity contribution in [2.24, 2.45) is 0 Å². The summed E-state index contributed by atoms with van der Waals surface area (Å²) in [5, 5.41) is 0.488. The van der Waals surface area contributed by atoms with E-state index < -0.39 is 0 Å². The van der Waals surface area contributed by atoms with Crippen molar-refractivity contribution in [1.82, 2.24) is 19.4 Å². The molecule has 0 atom stereocenters. The van der Waals surface area contributed by atoms with Gasteiger partial charge in [0, 0.05) is 32.8 Å². The maximum absolute atomic E-state index is 13.0. The molecule has 2 amide bonds. The summed E-state index contributed by atoms with van der Waals surface area (Å²) in [4.78, 5) is 46.5. The summed E-state index contributed by atoms with van der Waals surface area (Å²) in [6, 6.07) is 0. The number of rotatable bonds is 6. The minimum absolute atomic E-state index is 0.130. The van der Waals surface area contributed by atoms with Crippen molar-refractivity contribution in [1.29, 1.82) is 0 Å². The van der Waals surface area contributed by atoms with E-state index in [4.69, 9.17) is 9.47 Å². The Bertz CT molecular complexity index is 946. The second-order valence-electron chi connectivity index (χ2n) is 6.65. The largest absolute Gasteiger partial charge is 0.450 e. The lowest BCUT2D eigenvalue weighted by Gasteiger charge is -2.33. The molecule has 1 fully saturated rings. The number of carbonyl (C=O) groups excluding carboxylic acids is 2. The fourth-order valence-corrected chi connectivity index (χ4v) is 4.39. The number of ether oxygens (including phenoxy) is 2. The average Bonchev–Trinajstić information content (AvgIpc) is 3.07. The van der Waals surface area contributed by atoms with Crippen molar-refractivity contribution in [3.05, 3.63) is 27.1 Å². The first-order valence-corrected chi connectivity index (χ1v) is 10.6. The fraction of sp³-hybridized carbons (Fsp3) is 0.579. The molecular weight excluding hydrogens is 396 g/mol. The van der Waals surface area contributed by atoms with Gasteiger partial charge in [0.1, 0.15) is 4.83 Å². The molecule has 0 saturated carbocycles. The quantitative estimate of drug-likeness (QED) is 0.658. The van der Waals surface area contributed by atoms with Gasteiger partial charge in [-0.25, -0.2) is 9.78 Å². The van der Waals surface area contributed by atoms with Crippen LogP contribution in [-0.2, 0) is 16.0 Å². The summed E-state index contributed by atoms with van der Waals surface area (Å²) in [5.74, 6) is -0.130. The molecule has 29 heavy (non-hydrogen) atoms. The number of aryl methyl sites for hydroxylation is 1. The highest BCUT2D eigenvalue weighted by molar-refractivity contribution is 7.20. The van der Waals surface area contributed by atoms with E-state index in [2.05, 4.69) is 4.98 Å². The smallest absolute Gasteiger partial charge is 0.409 e. The number of hydrogen-bond donors (Lipinski definition) is 0. The van der Waals surface area contributed by atoms with Crippen LogP contribution in [0.3, 0.4) is 0 Å². The van der Waals surface area contributed by atoms with Crippen LogP contribution >= 0.6 is 11.3 Å². The molecule has 2 aromatic rings. The summed E-state index contributed by atoms with van der Waals surface area (Å²) in [7, 11) is 0. The van der Waals surface area contributed by atoms with E-state index in [1.54, 1.807) is 23.6 Å². The Morgan fingerprint density at radius 2 is 1.83 bits per heavy atom. The Balaban J connectivity index is 1.77. The number of nitrogens with zero attached hydrogens (tertiary/aromatic N) is 4. The minimum Gasteiger partial charge on any atom is -0.450 e. The van der Waals surface area contributed by atoms with Crippen LogP contribution in [0, 0.1) is 6.92 Å². The van der Waals surface area contributed by atoms with E-state index in [-0.39, 0.29) is 17.6 Å². The summed E-state index contributed by atoms with van der Waals surface area (Å²) in [5.41, 5.74) is 0.501. The van der Waals surface area contributed by atoms with Crippen molar-refractivity contribution >= 4 is 33.6 Å². The second kappa shape index (κ2) is 9.36. The van der Waals surface area contributed by atoms with Gasteiger partial charge < -0.3 is 19.3 Å². The van der Waals surface area contributed by atoms with Crippen molar-refractivity contribution < 1.29 is 19.1 Å². The summed E-state index contributed by atoms with van der Waals surface area (Å²) < 4.78 is 11.8. The van der Waals surface area contributed by atoms with E-state index in [0.717, 1.165) is 0 Å². The lowest BCUT2D eigenvalue weighted by molar-refractivity contribution is 0.0574. The first-order chi connectivity index (χ1) is 14.0. The Labute approximate surface area is 172 Å². The molecule has 9 nitrogen and oxygen atoms in total. The van der Waals surface area contributed by atoms with Gasteiger partial charge in [0.25, 0.3) is 11.5 Å². The molecule has 3 heterocycles. The van der Waals surface area contributed by atoms with Crippen molar-refractivity contribution in [2.75, 3.05) is 46.0 Å². The zero-order valence-corrected chi connectivity index (χ0v) is 17.8. The monoisotopic (exact) mass is 422 g/mol. The standard InChI is InChI=1S/C19H26N4O5S/c1-4-27-11-10-23-12-20-16-14(17(23)24)13(3)15(29-16)18(25)21-6-8-22(9-7-21)19(26)28-5-2/h12H,4-11H2,1-3H3. The molecular formula is C19H26N4O5S. The van der Waals surface area contributed by atoms with Crippen LogP contribution in [0.5, 0.6) is 0 Å². The lowest BCUT2D eigenvalue weighted by atomic mass is 10.2. The van der Waals surface area contributed by atoms with E-state index in [1.807, 2.05) is 6.92 Å². The van der Waals surface area contributed by atoms with E-state index in [1.165, 1.54) is 22.2 Å². The van der Waals surface area contributed by atoms with Crippen LogP contribution in [-0.4, -0.2) is 77.4 Å². The predicted molar refractivity (Wildman–Crippen MR) is 110 cm³/mol. The van der Waals surface area contributed by atoms with Gasteiger partial charge >= 0.3 is 6.09 Å². The molecule has 0 spiro atoms. The molecule has 3 rings (SSSR count). The van der Waals surface area contributed by atoms with Crippen LogP contribution in [0.15, 0.2) is 11.1 Å². The number of fused-ring (bicyclic) bond motifs is 1. The van der Waals surface area contributed by atoms with Gasteiger partial charge in [-0.1, -0.05) is 0 Å². The van der Waals surface area contributed by atoms with Gasteiger partial charge in [-0.3, -0.25) is 14.2 Å². The molecule has 0 aliphatic carbocycles. The molecule has 0 aromatic carbocycles. The maximum atomic E-state index is 13.0. The Hall–Kier alpha value is -2.46. The summed E-state index contributed by atoms with van der Waals surface area (Å²) in [6.45, 7) is 8.93. The molecule has 158 valence electrons. The number of thiophene rings is 1. The van der Waals surface area contributed by atoms with Crippen molar-refractivity contribution in [2.45, 2.75) is 27.3 Å². The highest BCUT2D eigenvalue weighted by Gasteiger charge is 2.28. The first kappa shape index (κ1) is 21.3. The van der Waals surface area contributed by atoms with Gasteiger partial charge in [-0.05, 0) is 26.3 Å². The Morgan fingerprint density at radius 3 is 2.48 bits per heavy atom. The number of carbonyl (C=O) groups is 2. The third-order valence-corrected chi connectivity index (χ3v) is 6.07. The molecule has 1 aliphatic heterocycles. The van der Waals surface area contributed by atoms with Crippen molar-refractivity contribution in [3.63, 3.8) is 0 Å². The average molecular weight is 423 g/mol. The molecule has 0 radical (unpaired) electrons. The third-order valence-electron chi connectivity index (χ3n) is 4.89. The summed E-state index contributed by atoms with van der Waals surface area (Å²) >= 11 is 1.24. The van der Waals surface area contributed by atoms with Gasteiger partial charge in [-0.2, -0.15) is 0 Å². The van der Waals surface area contributed by atoms with Crippen molar-refractivity contribution in [3.8, 4) is 0 Å². The van der Waals surface area contributed by atoms with E-state index >= 15 is 0 Å². The maximum Gasteiger partial charge on any atom is 0.409 e. The Morgan fingerprint density at radius 1 is 1.14 bits per heavy atom. The van der Waals surface area contributed by atoms with E-state index in [9.17, 15) is 14.4 Å². The van der Waals surface area contributed by atoms with Crippen LogP contribution in [0.2, 0.25) is 0 Å². The van der Waals surface area contributed by atoms with Gasteiger partial charge in [0.2, 0.25) is 0 Å². The van der Waals surface area contributed by atoms with Crippen LogP contribution in [0.1, 0.15) is 29.1 Å². The molecule has 1 aliphatic rings. The lowest BCUT2D eigenvalue weighted by Crippen LogP contribution is -2.50. The molecule has 1 saturated heterocycles. The van der Waals surface area contributed by atoms with Gasteiger partial charge in [0.15, 0.2) is 0 Å².